The van der Waals surface area contributed by atoms with E-state index in [0.29, 0.717) is 6.54 Å². The lowest BCUT2D eigenvalue weighted by Gasteiger charge is -2.20. The minimum absolute atomic E-state index is 0.515. The normalized spacial score (nSPS) is 13.1. The van der Waals surface area contributed by atoms with Crippen LogP contribution in [0.1, 0.15) is 30.9 Å². The van der Waals surface area contributed by atoms with Gasteiger partial charge in [-0.1, -0.05) is 12.1 Å². The highest BCUT2D eigenvalue weighted by atomic mass is 16.5. The molecule has 1 heterocycles. The number of hydrogen-bond donors (Lipinski definition) is 1. The van der Waals surface area contributed by atoms with E-state index in [-0.39, 0.29) is 0 Å². The van der Waals surface area contributed by atoms with Gasteiger partial charge in [0.2, 0.25) is 0 Å². The molecule has 0 saturated heterocycles. The van der Waals surface area contributed by atoms with Crippen LogP contribution in [-0.2, 0) is 17.8 Å². The first-order chi connectivity index (χ1) is 7.47. The largest absolute Gasteiger partial charge is 0.480 e. The van der Waals surface area contributed by atoms with Crippen LogP contribution in [-0.4, -0.2) is 34.2 Å². The van der Waals surface area contributed by atoms with Crippen LogP contribution in [0.4, 0.5) is 0 Å². The quantitative estimate of drug-likeness (QED) is 0.823. The number of hydrogen-bond acceptors (Lipinski definition) is 4. The van der Waals surface area contributed by atoms with Crippen LogP contribution in [0.15, 0.2) is 4.52 Å². The number of nitrogens with zero attached hydrogens (tertiary/aromatic N) is 2. The highest BCUT2D eigenvalue weighted by molar-refractivity contribution is 5.72. The van der Waals surface area contributed by atoms with Crippen LogP contribution >= 0.6 is 0 Å². The topological polar surface area (TPSA) is 66.6 Å². The van der Waals surface area contributed by atoms with Crippen LogP contribution in [0, 0.1) is 6.92 Å². The van der Waals surface area contributed by atoms with E-state index in [9.17, 15) is 4.79 Å². The fraction of sp³-hybridized carbons (Fsp3) is 0.636. The van der Waals surface area contributed by atoms with Gasteiger partial charge < -0.3 is 9.63 Å². The van der Waals surface area contributed by atoms with Gasteiger partial charge in [0.05, 0.1) is 5.69 Å². The van der Waals surface area contributed by atoms with E-state index in [0.717, 1.165) is 23.4 Å². The maximum Gasteiger partial charge on any atom is 0.320 e. The van der Waals surface area contributed by atoms with Crippen molar-refractivity contribution in [2.45, 2.75) is 39.8 Å². The van der Waals surface area contributed by atoms with Crippen molar-refractivity contribution in [3.8, 4) is 0 Å². The SMILES string of the molecule is CCc1noc(C)c1CN(C)C(C)C(=O)O. The molecule has 1 rings (SSSR count). The molecule has 0 bridgehead atoms. The monoisotopic (exact) mass is 226 g/mol. The molecule has 0 radical (unpaired) electrons. The zero-order chi connectivity index (χ0) is 12.3. The summed E-state index contributed by atoms with van der Waals surface area (Å²) in [6, 6.07) is -0.515. The zero-order valence-corrected chi connectivity index (χ0v) is 10.1. The molecule has 5 heteroatoms. The zero-order valence-electron chi connectivity index (χ0n) is 10.1. The highest BCUT2D eigenvalue weighted by Gasteiger charge is 2.20. The molecule has 0 aliphatic carbocycles. The minimum Gasteiger partial charge on any atom is -0.480 e. The Morgan fingerprint density at radius 2 is 2.25 bits per heavy atom. The average Bonchev–Trinajstić information content (AvgIpc) is 2.58. The number of likely N-dealkylation sites (N-methyl/N-ethyl adjacent to an activating group) is 1. The molecule has 0 saturated carbocycles. The molecule has 0 spiro atoms. The standard InChI is InChI=1S/C11H18N2O3/c1-5-10-9(8(3)16-12-10)6-13(4)7(2)11(14)15/h7H,5-6H2,1-4H3,(H,14,15). The van der Waals surface area contributed by atoms with Gasteiger partial charge in [-0.15, -0.1) is 0 Å². The second-order valence-corrected chi connectivity index (χ2v) is 3.95. The first kappa shape index (κ1) is 12.7. The van der Waals surface area contributed by atoms with E-state index in [2.05, 4.69) is 5.16 Å². The van der Waals surface area contributed by atoms with Gasteiger partial charge in [0.15, 0.2) is 0 Å². The molecular weight excluding hydrogens is 208 g/mol. The molecule has 1 aromatic rings. The molecule has 90 valence electrons. The number of carboxylic acids is 1. The summed E-state index contributed by atoms with van der Waals surface area (Å²) in [6.07, 6.45) is 0.794. The van der Waals surface area contributed by atoms with Crippen molar-refractivity contribution in [1.29, 1.82) is 0 Å². The Hall–Kier alpha value is -1.36. The van der Waals surface area contributed by atoms with Gasteiger partial charge in [0, 0.05) is 12.1 Å². The van der Waals surface area contributed by atoms with Crippen molar-refractivity contribution in [3.63, 3.8) is 0 Å². The van der Waals surface area contributed by atoms with E-state index < -0.39 is 12.0 Å². The Morgan fingerprint density at radius 1 is 1.62 bits per heavy atom. The molecule has 16 heavy (non-hydrogen) atoms. The van der Waals surface area contributed by atoms with Crippen LogP contribution in [0.3, 0.4) is 0 Å². The maximum atomic E-state index is 10.8. The number of aliphatic carboxylic acids is 1. The summed E-state index contributed by atoms with van der Waals surface area (Å²) in [5.74, 6) is -0.0593. The smallest absolute Gasteiger partial charge is 0.320 e. The van der Waals surface area contributed by atoms with E-state index >= 15 is 0 Å². The lowest BCUT2D eigenvalue weighted by Crippen LogP contribution is -2.35. The van der Waals surface area contributed by atoms with Crippen LogP contribution < -0.4 is 0 Å². The number of aryl methyl sites for hydroxylation is 2. The number of carboxylic acid groups (broad SMARTS) is 1. The van der Waals surface area contributed by atoms with Crippen molar-refractivity contribution in [2.75, 3.05) is 7.05 Å². The van der Waals surface area contributed by atoms with Crippen molar-refractivity contribution < 1.29 is 14.4 Å². The van der Waals surface area contributed by atoms with Gasteiger partial charge in [0.1, 0.15) is 11.8 Å². The first-order valence-electron chi connectivity index (χ1n) is 5.34. The molecule has 1 unspecified atom stereocenters. The molecular formula is C11H18N2O3. The maximum absolute atomic E-state index is 10.8. The summed E-state index contributed by atoms with van der Waals surface area (Å²) < 4.78 is 5.10. The third kappa shape index (κ3) is 2.61. The van der Waals surface area contributed by atoms with Crippen molar-refractivity contribution in [1.82, 2.24) is 10.1 Å². The number of rotatable bonds is 5. The van der Waals surface area contributed by atoms with Crippen LogP contribution in [0.5, 0.6) is 0 Å². The van der Waals surface area contributed by atoms with Crippen molar-refractivity contribution in [2.24, 2.45) is 0 Å². The van der Waals surface area contributed by atoms with Gasteiger partial charge in [0.25, 0.3) is 0 Å². The molecule has 1 atom stereocenters. The third-order valence-corrected chi connectivity index (χ3v) is 2.83. The first-order valence-corrected chi connectivity index (χ1v) is 5.34. The van der Waals surface area contributed by atoms with Gasteiger partial charge in [-0.3, -0.25) is 9.69 Å². The summed E-state index contributed by atoms with van der Waals surface area (Å²) in [4.78, 5) is 12.6. The van der Waals surface area contributed by atoms with Crippen LogP contribution in [0.25, 0.3) is 0 Å². The molecule has 0 aliphatic heterocycles. The van der Waals surface area contributed by atoms with E-state index in [1.807, 2.05) is 13.8 Å². The van der Waals surface area contributed by atoms with Gasteiger partial charge in [-0.05, 0) is 27.3 Å². The van der Waals surface area contributed by atoms with Crippen LogP contribution in [0.2, 0.25) is 0 Å². The summed E-state index contributed by atoms with van der Waals surface area (Å²) in [7, 11) is 1.78. The van der Waals surface area contributed by atoms with E-state index in [1.165, 1.54) is 0 Å². The highest BCUT2D eigenvalue weighted by Crippen LogP contribution is 2.16. The second kappa shape index (κ2) is 5.12. The molecule has 0 amide bonds. The van der Waals surface area contributed by atoms with Crippen molar-refractivity contribution in [3.05, 3.63) is 17.0 Å². The summed E-state index contributed by atoms with van der Waals surface area (Å²) in [6.45, 7) is 6.06. The summed E-state index contributed by atoms with van der Waals surface area (Å²) in [5, 5.41) is 12.8. The fourth-order valence-electron chi connectivity index (χ4n) is 1.49. The molecule has 0 aromatic carbocycles. The molecule has 1 aromatic heterocycles. The molecule has 0 aliphatic rings. The molecule has 5 nitrogen and oxygen atoms in total. The third-order valence-electron chi connectivity index (χ3n) is 2.83. The van der Waals surface area contributed by atoms with E-state index in [1.54, 1.807) is 18.9 Å². The Kier molecular flexibility index (Phi) is 4.06. The number of aromatic nitrogens is 1. The lowest BCUT2D eigenvalue weighted by atomic mass is 10.1. The summed E-state index contributed by atoms with van der Waals surface area (Å²) in [5.41, 5.74) is 1.90. The number of carbonyl (C=O) groups is 1. The van der Waals surface area contributed by atoms with Gasteiger partial charge >= 0.3 is 5.97 Å². The lowest BCUT2D eigenvalue weighted by molar-refractivity contribution is -0.142. The van der Waals surface area contributed by atoms with Crippen molar-refractivity contribution >= 4 is 5.97 Å². The fourth-order valence-corrected chi connectivity index (χ4v) is 1.49. The second-order valence-electron chi connectivity index (χ2n) is 3.95. The average molecular weight is 226 g/mol. The summed E-state index contributed by atoms with van der Waals surface area (Å²) >= 11 is 0. The Morgan fingerprint density at radius 3 is 2.75 bits per heavy atom. The Labute approximate surface area is 95.0 Å². The van der Waals surface area contributed by atoms with Gasteiger partial charge in [-0.2, -0.15) is 0 Å². The van der Waals surface area contributed by atoms with E-state index in [4.69, 9.17) is 9.63 Å². The van der Waals surface area contributed by atoms with Gasteiger partial charge in [-0.25, -0.2) is 0 Å². The predicted molar refractivity (Wildman–Crippen MR) is 59.2 cm³/mol. The predicted octanol–water partition coefficient (Wildman–Crippen LogP) is 1.45. The Balaban J connectivity index is 2.79. The minimum atomic E-state index is -0.824. The molecule has 0 fully saturated rings. The molecule has 1 N–H and O–H groups in total. The Bertz CT molecular complexity index is 373.